The van der Waals surface area contributed by atoms with Crippen molar-refractivity contribution in [1.82, 2.24) is 4.90 Å². The fourth-order valence-electron chi connectivity index (χ4n) is 1.53. The Bertz CT molecular complexity index is 424. The number of rotatable bonds is 8. The molecule has 4 heteroatoms. The van der Waals surface area contributed by atoms with Gasteiger partial charge in [-0.2, -0.15) is 0 Å². The van der Waals surface area contributed by atoms with Gasteiger partial charge in [0.05, 0.1) is 13.0 Å². The molecule has 0 bridgehead atoms. The van der Waals surface area contributed by atoms with Crippen LogP contribution in [-0.2, 0) is 9.53 Å². The van der Waals surface area contributed by atoms with Crippen LogP contribution in [-0.4, -0.2) is 44.7 Å². The maximum atomic E-state index is 11.2. The van der Waals surface area contributed by atoms with E-state index in [9.17, 15) is 4.79 Å². The Morgan fingerprint density at radius 2 is 1.95 bits per heavy atom. The lowest BCUT2D eigenvalue weighted by Crippen LogP contribution is -2.19. The third-order valence-electron chi connectivity index (χ3n) is 2.59. The first-order valence-corrected chi connectivity index (χ1v) is 6.81. The minimum atomic E-state index is -0.201. The molecule has 0 fully saturated rings. The van der Waals surface area contributed by atoms with Gasteiger partial charge in [0.2, 0.25) is 0 Å². The molecule has 0 unspecified atom stereocenters. The van der Waals surface area contributed by atoms with Crippen molar-refractivity contribution in [3.63, 3.8) is 0 Å². The van der Waals surface area contributed by atoms with Crippen LogP contribution >= 0.6 is 0 Å². The summed E-state index contributed by atoms with van der Waals surface area (Å²) in [6.07, 6.45) is 4.01. The molecule has 0 aliphatic rings. The molecule has 0 N–H and O–H groups in total. The molecule has 1 aromatic carbocycles. The molecule has 0 saturated heterocycles. The quantitative estimate of drug-likeness (QED) is 0.685. The van der Waals surface area contributed by atoms with Crippen LogP contribution in [0.5, 0.6) is 5.75 Å². The number of benzene rings is 1. The van der Waals surface area contributed by atoms with Crippen molar-refractivity contribution in [2.75, 3.05) is 33.9 Å². The molecule has 0 aliphatic heterocycles. The summed E-state index contributed by atoms with van der Waals surface area (Å²) in [6, 6.07) is 7.79. The van der Waals surface area contributed by atoms with E-state index in [1.807, 2.05) is 44.4 Å². The average molecular weight is 277 g/mol. The smallest absolute Gasteiger partial charge is 0.309 e. The Kier molecular flexibility index (Phi) is 7.43. The standard InChI is InChI=1S/C16H23NO3/c1-4-19-16(18)7-5-6-14-8-10-15(11-9-14)20-13-12-17(2)3/h5-6,8-11H,4,7,12-13H2,1-3H3. The van der Waals surface area contributed by atoms with Crippen molar-refractivity contribution >= 4 is 12.0 Å². The zero-order valence-corrected chi connectivity index (χ0v) is 12.5. The van der Waals surface area contributed by atoms with E-state index in [1.165, 1.54) is 0 Å². The highest BCUT2D eigenvalue weighted by molar-refractivity contribution is 5.72. The normalized spacial score (nSPS) is 11.0. The van der Waals surface area contributed by atoms with Crippen molar-refractivity contribution in [1.29, 1.82) is 0 Å². The van der Waals surface area contributed by atoms with Crippen LogP contribution in [0.15, 0.2) is 30.3 Å². The second-order valence-corrected chi connectivity index (χ2v) is 4.63. The predicted molar refractivity (Wildman–Crippen MR) is 80.8 cm³/mol. The molecule has 20 heavy (non-hydrogen) atoms. The lowest BCUT2D eigenvalue weighted by atomic mass is 10.2. The number of carbonyl (C=O) groups is 1. The van der Waals surface area contributed by atoms with E-state index in [2.05, 4.69) is 4.90 Å². The van der Waals surface area contributed by atoms with Gasteiger partial charge >= 0.3 is 5.97 Å². The minimum Gasteiger partial charge on any atom is -0.492 e. The summed E-state index contributed by atoms with van der Waals surface area (Å²) in [5.74, 6) is 0.654. The first-order chi connectivity index (χ1) is 9.61. The number of hydrogen-bond acceptors (Lipinski definition) is 4. The van der Waals surface area contributed by atoms with E-state index in [1.54, 1.807) is 13.0 Å². The molecule has 0 atom stereocenters. The van der Waals surface area contributed by atoms with Crippen molar-refractivity contribution in [2.45, 2.75) is 13.3 Å². The topological polar surface area (TPSA) is 38.8 Å². The summed E-state index contributed by atoms with van der Waals surface area (Å²) in [5, 5.41) is 0. The lowest BCUT2D eigenvalue weighted by molar-refractivity contribution is -0.142. The number of carbonyl (C=O) groups excluding carboxylic acids is 1. The number of likely N-dealkylation sites (N-methyl/N-ethyl adjacent to an activating group) is 1. The van der Waals surface area contributed by atoms with E-state index in [4.69, 9.17) is 9.47 Å². The number of nitrogens with zero attached hydrogens (tertiary/aromatic N) is 1. The monoisotopic (exact) mass is 277 g/mol. The highest BCUT2D eigenvalue weighted by atomic mass is 16.5. The molecule has 4 nitrogen and oxygen atoms in total. The van der Waals surface area contributed by atoms with E-state index >= 15 is 0 Å². The summed E-state index contributed by atoms with van der Waals surface area (Å²) in [4.78, 5) is 13.2. The van der Waals surface area contributed by atoms with Crippen LogP contribution < -0.4 is 4.74 Å². The fraction of sp³-hybridized carbons (Fsp3) is 0.438. The molecule has 0 spiro atoms. The number of esters is 1. The maximum Gasteiger partial charge on any atom is 0.309 e. The Hall–Kier alpha value is -1.81. The van der Waals surface area contributed by atoms with Crippen LogP contribution in [0, 0.1) is 0 Å². The molecular weight excluding hydrogens is 254 g/mol. The third kappa shape index (κ3) is 6.95. The summed E-state index contributed by atoms with van der Waals surface area (Å²) >= 11 is 0. The van der Waals surface area contributed by atoms with Crippen molar-refractivity contribution in [3.8, 4) is 5.75 Å². The summed E-state index contributed by atoms with van der Waals surface area (Å²) in [6.45, 7) is 3.79. The fourth-order valence-corrected chi connectivity index (χ4v) is 1.53. The van der Waals surface area contributed by atoms with E-state index in [-0.39, 0.29) is 5.97 Å². The van der Waals surface area contributed by atoms with Gasteiger partial charge < -0.3 is 14.4 Å². The van der Waals surface area contributed by atoms with Crippen LogP contribution in [0.2, 0.25) is 0 Å². The molecule has 0 saturated carbocycles. The van der Waals surface area contributed by atoms with Crippen molar-refractivity contribution < 1.29 is 14.3 Å². The summed E-state index contributed by atoms with van der Waals surface area (Å²) in [7, 11) is 4.03. The van der Waals surface area contributed by atoms with Gasteiger partial charge in [-0.15, -0.1) is 0 Å². The van der Waals surface area contributed by atoms with E-state index < -0.39 is 0 Å². The molecular formula is C16H23NO3. The highest BCUT2D eigenvalue weighted by Gasteiger charge is 1.97. The van der Waals surface area contributed by atoms with Crippen LogP contribution in [0.1, 0.15) is 18.9 Å². The molecule has 0 aliphatic carbocycles. The Morgan fingerprint density at radius 1 is 1.25 bits per heavy atom. The van der Waals surface area contributed by atoms with Gasteiger partial charge in [-0.1, -0.05) is 24.3 Å². The van der Waals surface area contributed by atoms with Gasteiger partial charge in [0.1, 0.15) is 12.4 Å². The molecule has 0 aromatic heterocycles. The first-order valence-electron chi connectivity index (χ1n) is 6.81. The van der Waals surface area contributed by atoms with Crippen molar-refractivity contribution in [3.05, 3.63) is 35.9 Å². The third-order valence-corrected chi connectivity index (χ3v) is 2.59. The van der Waals surface area contributed by atoms with Gasteiger partial charge in [0.15, 0.2) is 0 Å². The van der Waals surface area contributed by atoms with Crippen LogP contribution in [0.3, 0.4) is 0 Å². The van der Waals surface area contributed by atoms with Crippen LogP contribution in [0.25, 0.3) is 6.08 Å². The van der Waals surface area contributed by atoms with E-state index in [0.717, 1.165) is 17.9 Å². The second-order valence-electron chi connectivity index (χ2n) is 4.63. The van der Waals surface area contributed by atoms with E-state index in [0.29, 0.717) is 19.6 Å². The van der Waals surface area contributed by atoms with Crippen LogP contribution in [0.4, 0.5) is 0 Å². The Morgan fingerprint density at radius 3 is 2.55 bits per heavy atom. The number of ether oxygens (including phenoxy) is 2. The molecule has 0 amide bonds. The average Bonchev–Trinajstić information content (AvgIpc) is 2.40. The van der Waals surface area contributed by atoms with Gasteiger partial charge in [0, 0.05) is 6.54 Å². The SMILES string of the molecule is CCOC(=O)CC=Cc1ccc(OCCN(C)C)cc1. The minimum absolute atomic E-state index is 0.201. The lowest BCUT2D eigenvalue weighted by Gasteiger charge is -2.10. The van der Waals surface area contributed by atoms with Gasteiger partial charge in [-0.05, 0) is 38.7 Å². The second kappa shape index (κ2) is 9.15. The zero-order valence-electron chi connectivity index (χ0n) is 12.5. The first kappa shape index (κ1) is 16.2. The Labute approximate surface area is 121 Å². The maximum absolute atomic E-state index is 11.2. The summed E-state index contributed by atoms with van der Waals surface area (Å²) < 4.78 is 10.5. The molecule has 1 aromatic rings. The molecule has 110 valence electrons. The number of hydrogen-bond donors (Lipinski definition) is 0. The molecule has 0 radical (unpaired) electrons. The summed E-state index contributed by atoms with van der Waals surface area (Å²) in [5.41, 5.74) is 1.04. The zero-order chi connectivity index (χ0) is 14.8. The van der Waals surface area contributed by atoms with Gasteiger partial charge in [0.25, 0.3) is 0 Å². The highest BCUT2D eigenvalue weighted by Crippen LogP contribution is 2.13. The Balaban J connectivity index is 2.38. The molecule has 1 rings (SSSR count). The largest absolute Gasteiger partial charge is 0.492 e. The van der Waals surface area contributed by atoms with Gasteiger partial charge in [-0.25, -0.2) is 0 Å². The van der Waals surface area contributed by atoms with Crippen molar-refractivity contribution in [2.24, 2.45) is 0 Å². The van der Waals surface area contributed by atoms with Gasteiger partial charge in [-0.3, -0.25) is 4.79 Å². The molecule has 0 heterocycles. The predicted octanol–water partition coefficient (Wildman–Crippen LogP) is 2.59.